The number of carbonyl (C=O) groups is 2. The predicted molar refractivity (Wildman–Crippen MR) is 88.2 cm³/mol. The van der Waals surface area contributed by atoms with Gasteiger partial charge in [-0.15, -0.1) is 0 Å². The SMILES string of the molecule is CCOC(=O)[C@]12CCCN(C(=O)C3(F)CCC3)C[C@H]1CN(CC)C2. The van der Waals surface area contributed by atoms with Crippen LogP contribution in [-0.2, 0) is 14.3 Å². The second kappa shape index (κ2) is 6.62. The fourth-order valence-electron chi connectivity index (χ4n) is 4.56. The third-order valence-electron chi connectivity index (χ3n) is 6.20. The first-order valence-corrected chi connectivity index (χ1v) is 9.33. The minimum Gasteiger partial charge on any atom is -0.466 e. The van der Waals surface area contributed by atoms with Crippen LogP contribution < -0.4 is 0 Å². The van der Waals surface area contributed by atoms with Crippen LogP contribution in [-0.4, -0.2) is 66.7 Å². The third-order valence-corrected chi connectivity index (χ3v) is 6.20. The van der Waals surface area contributed by atoms with Crippen molar-refractivity contribution in [2.75, 3.05) is 39.3 Å². The van der Waals surface area contributed by atoms with E-state index in [1.807, 2.05) is 6.92 Å². The van der Waals surface area contributed by atoms with Crippen molar-refractivity contribution in [3.63, 3.8) is 0 Å². The molecule has 6 heteroatoms. The van der Waals surface area contributed by atoms with E-state index in [0.717, 1.165) is 32.4 Å². The van der Waals surface area contributed by atoms with Gasteiger partial charge in [-0.1, -0.05) is 6.92 Å². The van der Waals surface area contributed by atoms with Crippen LogP contribution in [0.4, 0.5) is 4.39 Å². The molecule has 2 atom stereocenters. The number of halogens is 1. The Morgan fingerprint density at radius 3 is 2.50 bits per heavy atom. The van der Waals surface area contributed by atoms with Crippen molar-refractivity contribution in [2.45, 2.75) is 51.6 Å². The number of likely N-dealkylation sites (tertiary alicyclic amines) is 2. The van der Waals surface area contributed by atoms with E-state index in [-0.39, 0.29) is 17.8 Å². The second-order valence-electron chi connectivity index (χ2n) is 7.57. The highest BCUT2D eigenvalue weighted by atomic mass is 19.1. The Bertz CT molecular complexity index is 508. The molecule has 0 unspecified atom stereocenters. The van der Waals surface area contributed by atoms with E-state index < -0.39 is 11.1 Å². The maximum atomic E-state index is 14.6. The van der Waals surface area contributed by atoms with Crippen LogP contribution in [0, 0.1) is 11.3 Å². The summed E-state index contributed by atoms with van der Waals surface area (Å²) >= 11 is 0. The monoisotopic (exact) mass is 340 g/mol. The molecule has 0 aromatic rings. The van der Waals surface area contributed by atoms with E-state index in [9.17, 15) is 14.0 Å². The van der Waals surface area contributed by atoms with Crippen LogP contribution in [0.5, 0.6) is 0 Å². The van der Waals surface area contributed by atoms with Gasteiger partial charge in [0.1, 0.15) is 0 Å². The number of hydrogen-bond donors (Lipinski definition) is 0. The lowest BCUT2D eigenvalue weighted by molar-refractivity contribution is -0.158. The van der Waals surface area contributed by atoms with Crippen LogP contribution >= 0.6 is 0 Å². The molecule has 3 aliphatic rings. The standard InChI is InChI=1S/C18H29FN2O3/c1-3-20-11-14-12-21(15(22)18(19)8-5-9-18)10-6-7-17(14,13-20)16(23)24-4-2/h14H,3-13H2,1-2H3/t14-,17+/m1/s1. The molecular weight excluding hydrogens is 311 g/mol. The van der Waals surface area contributed by atoms with Crippen molar-refractivity contribution in [1.29, 1.82) is 0 Å². The van der Waals surface area contributed by atoms with E-state index in [1.165, 1.54) is 0 Å². The van der Waals surface area contributed by atoms with Crippen molar-refractivity contribution >= 4 is 11.9 Å². The van der Waals surface area contributed by atoms with Gasteiger partial charge >= 0.3 is 5.97 Å². The molecule has 2 heterocycles. The van der Waals surface area contributed by atoms with Crippen molar-refractivity contribution in [1.82, 2.24) is 9.80 Å². The molecule has 3 rings (SSSR count). The van der Waals surface area contributed by atoms with Gasteiger partial charge in [-0.25, -0.2) is 4.39 Å². The van der Waals surface area contributed by atoms with Gasteiger partial charge < -0.3 is 14.5 Å². The molecule has 0 N–H and O–H groups in total. The number of hydrogen-bond acceptors (Lipinski definition) is 4. The summed E-state index contributed by atoms with van der Waals surface area (Å²) in [5.74, 6) is -0.464. The summed E-state index contributed by atoms with van der Waals surface area (Å²) in [6.45, 7) is 7.64. The molecule has 0 bridgehead atoms. The van der Waals surface area contributed by atoms with Crippen LogP contribution in [0.15, 0.2) is 0 Å². The van der Waals surface area contributed by atoms with Gasteiger partial charge in [-0.3, -0.25) is 9.59 Å². The van der Waals surface area contributed by atoms with E-state index in [4.69, 9.17) is 4.74 Å². The van der Waals surface area contributed by atoms with E-state index in [0.29, 0.717) is 39.1 Å². The number of esters is 1. The maximum absolute atomic E-state index is 14.6. The Balaban J connectivity index is 1.80. The number of rotatable bonds is 4. The van der Waals surface area contributed by atoms with Gasteiger partial charge in [0.15, 0.2) is 5.67 Å². The Morgan fingerprint density at radius 2 is 1.92 bits per heavy atom. The largest absolute Gasteiger partial charge is 0.466 e. The minimum atomic E-state index is -1.65. The number of carbonyl (C=O) groups excluding carboxylic acids is 2. The smallest absolute Gasteiger partial charge is 0.313 e. The first-order chi connectivity index (χ1) is 11.4. The fraction of sp³-hybridized carbons (Fsp3) is 0.889. The van der Waals surface area contributed by atoms with Crippen molar-refractivity contribution < 1.29 is 18.7 Å². The maximum Gasteiger partial charge on any atom is 0.313 e. The Kier molecular flexibility index (Phi) is 4.87. The number of ether oxygens (including phenoxy) is 1. The van der Waals surface area contributed by atoms with Gasteiger partial charge in [-0.2, -0.15) is 0 Å². The zero-order chi connectivity index (χ0) is 17.4. The van der Waals surface area contributed by atoms with E-state index >= 15 is 0 Å². The summed E-state index contributed by atoms with van der Waals surface area (Å²) in [6.07, 6.45) is 2.93. The summed E-state index contributed by atoms with van der Waals surface area (Å²) in [5.41, 5.74) is -2.19. The molecule has 0 radical (unpaired) electrons. The lowest BCUT2D eigenvalue weighted by Gasteiger charge is -2.38. The molecule has 0 aromatic carbocycles. The minimum absolute atomic E-state index is 0.0339. The van der Waals surface area contributed by atoms with Gasteiger partial charge in [0.05, 0.1) is 12.0 Å². The quantitative estimate of drug-likeness (QED) is 0.735. The highest BCUT2D eigenvalue weighted by Gasteiger charge is 2.55. The summed E-state index contributed by atoms with van der Waals surface area (Å²) in [6, 6.07) is 0. The van der Waals surface area contributed by atoms with Crippen molar-refractivity contribution in [3.8, 4) is 0 Å². The highest BCUT2D eigenvalue weighted by molar-refractivity contribution is 5.86. The molecule has 2 saturated heterocycles. The molecule has 0 aromatic heterocycles. The van der Waals surface area contributed by atoms with Gasteiger partial charge in [0, 0.05) is 32.1 Å². The molecule has 136 valence electrons. The summed E-state index contributed by atoms with van der Waals surface area (Å²) < 4.78 is 20.0. The Labute approximate surface area is 143 Å². The van der Waals surface area contributed by atoms with Crippen LogP contribution in [0.1, 0.15) is 46.0 Å². The fourth-order valence-corrected chi connectivity index (χ4v) is 4.56. The van der Waals surface area contributed by atoms with Gasteiger partial charge in [0.2, 0.25) is 0 Å². The summed E-state index contributed by atoms with van der Waals surface area (Å²) in [5, 5.41) is 0. The topological polar surface area (TPSA) is 49.9 Å². The molecule has 24 heavy (non-hydrogen) atoms. The molecule has 1 amide bonds. The predicted octanol–water partition coefficient (Wildman–Crippen LogP) is 2.00. The number of nitrogens with zero attached hydrogens (tertiary/aromatic N) is 2. The molecule has 1 aliphatic carbocycles. The molecule has 5 nitrogen and oxygen atoms in total. The average Bonchev–Trinajstić information content (AvgIpc) is 2.80. The van der Waals surface area contributed by atoms with E-state index in [1.54, 1.807) is 4.90 Å². The highest BCUT2D eigenvalue weighted by Crippen LogP contribution is 2.45. The molecule has 3 fully saturated rings. The van der Waals surface area contributed by atoms with Crippen LogP contribution in [0.25, 0.3) is 0 Å². The Hall–Kier alpha value is -1.17. The van der Waals surface area contributed by atoms with Crippen molar-refractivity contribution in [3.05, 3.63) is 0 Å². The zero-order valence-corrected chi connectivity index (χ0v) is 14.9. The Morgan fingerprint density at radius 1 is 1.17 bits per heavy atom. The average molecular weight is 340 g/mol. The molecule has 1 saturated carbocycles. The molecular formula is C18H29FN2O3. The third kappa shape index (κ3) is 2.83. The van der Waals surface area contributed by atoms with Gasteiger partial charge in [-0.05, 0) is 45.6 Å². The lowest BCUT2D eigenvalue weighted by Crippen LogP contribution is -2.52. The lowest BCUT2D eigenvalue weighted by atomic mass is 9.75. The van der Waals surface area contributed by atoms with Gasteiger partial charge in [0.25, 0.3) is 5.91 Å². The summed E-state index contributed by atoms with van der Waals surface area (Å²) in [7, 11) is 0. The second-order valence-corrected chi connectivity index (χ2v) is 7.57. The summed E-state index contributed by atoms with van der Waals surface area (Å²) in [4.78, 5) is 29.3. The number of fused-ring (bicyclic) bond motifs is 1. The van der Waals surface area contributed by atoms with Crippen LogP contribution in [0.3, 0.4) is 0 Å². The molecule has 2 aliphatic heterocycles. The zero-order valence-electron chi connectivity index (χ0n) is 14.9. The number of amides is 1. The first-order valence-electron chi connectivity index (χ1n) is 9.33. The van der Waals surface area contributed by atoms with Crippen LogP contribution in [0.2, 0.25) is 0 Å². The number of alkyl halides is 1. The molecule has 0 spiro atoms. The normalized spacial score (nSPS) is 32.6. The first kappa shape index (κ1) is 17.6. The van der Waals surface area contributed by atoms with E-state index in [2.05, 4.69) is 11.8 Å². The van der Waals surface area contributed by atoms with Crippen molar-refractivity contribution in [2.24, 2.45) is 11.3 Å².